The molecule has 1 heterocycles. The molecular weight excluding hydrogens is 398 g/mol. The molecule has 0 bridgehead atoms. The van der Waals surface area contributed by atoms with E-state index >= 15 is 0 Å². The van der Waals surface area contributed by atoms with Crippen molar-refractivity contribution in [3.63, 3.8) is 0 Å². The SMILES string of the molecule is CN(C)c1cc(N[C@H]2CC[C@@H](NC(=O)c3ccc(F)c(F)c3)CC2)nc2ccccc12. The minimum atomic E-state index is -1.01. The van der Waals surface area contributed by atoms with Crippen molar-refractivity contribution in [3.8, 4) is 0 Å². The lowest BCUT2D eigenvalue weighted by Gasteiger charge is -2.30. The van der Waals surface area contributed by atoms with Crippen LogP contribution in [0.1, 0.15) is 36.0 Å². The largest absolute Gasteiger partial charge is 0.377 e. The van der Waals surface area contributed by atoms with Crippen molar-refractivity contribution < 1.29 is 13.6 Å². The number of hydrogen-bond acceptors (Lipinski definition) is 4. The molecule has 4 rings (SSSR count). The Kier molecular flexibility index (Phi) is 6.02. The Labute approximate surface area is 180 Å². The highest BCUT2D eigenvalue weighted by Gasteiger charge is 2.23. The van der Waals surface area contributed by atoms with Gasteiger partial charge in [-0.25, -0.2) is 13.8 Å². The van der Waals surface area contributed by atoms with Crippen molar-refractivity contribution in [1.29, 1.82) is 0 Å². The lowest BCUT2D eigenvalue weighted by atomic mass is 9.91. The van der Waals surface area contributed by atoms with Gasteiger partial charge in [-0.05, 0) is 49.9 Å². The van der Waals surface area contributed by atoms with Gasteiger partial charge in [-0.1, -0.05) is 18.2 Å². The number of nitrogens with zero attached hydrogens (tertiary/aromatic N) is 2. The van der Waals surface area contributed by atoms with Gasteiger partial charge in [0, 0.05) is 48.9 Å². The van der Waals surface area contributed by atoms with Crippen LogP contribution in [0, 0.1) is 11.6 Å². The summed E-state index contributed by atoms with van der Waals surface area (Å²) in [7, 11) is 4.04. The number of benzene rings is 2. The second kappa shape index (κ2) is 8.88. The third kappa shape index (κ3) is 4.76. The molecule has 3 aromatic rings. The standard InChI is InChI=1S/C24H26F2N4O/c1-30(2)22-14-23(29-21-6-4-3-5-18(21)22)27-16-8-10-17(11-9-16)28-24(31)15-7-12-19(25)20(26)13-15/h3-7,12-14,16-17H,8-11H2,1-2H3,(H,27,29)(H,28,31)/t16-,17+. The molecule has 0 radical (unpaired) electrons. The summed E-state index contributed by atoms with van der Waals surface area (Å²) in [5, 5.41) is 7.59. The Hall–Kier alpha value is -3.22. The molecule has 162 valence electrons. The molecule has 0 saturated heterocycles. The number of fused-ring (bicyclic) bond motifs is 1. The van der Waals surface area contributed by atoms with Crippen LogP contribution in [0.4, 0.5) is 20.3 Å². The van der Waals surface area contributed by atoms with E-state index in [4.69, 9.17) is 4.98 Å². The molecule has 0 unspecified atom stereocenters. The lowest BCUT2D eigenvalue weighted by Crippen LogP contribution is -2.40. The third-order valence-electron chi connectivity index (χ3n) is 5.77. The number of rotatable bonds is 5. The highest BCUT2D eigenvalue weighted by Crippen LogP contribution is 2.29. The number of hydrogen-bond donors (Lipinski definition) is 2. The summed E-state index contributed by atoms with van der Waals surface area (Å²) in [5.74, 6) is -1.50. The van der Waals surface area contributed by atoms with E-state index in [2.05, 4.69) is 27.7 Å². The molecular formula is C24H26F2N4O. The van der Waals surface area contributed by atoms with Crippen LogP contribution >= 0.6 is 0 Å². The Bertz CT molecular complexity index is 1090. The van der Waals surface area contributed by atoms with Crippen LogP contribution in [0.5, 0.6) is 0 Å². The Balaban J connectivity index is 1.37. The molecule has 2 aromatic carbocycles. The fourth-order valence-electron chi connectivity index (χ4n) is 4.10. The first-order valence-corrected chi connectivity index (χ1v) is 10.5. The smallest absolute Gasteiger partial charge is 0.251 e. The van der Waals surface area contributed by atoms with Gasteiger partial charge in [0.1, 0.15) is 5.82 Å². The van der Waals surface area contributed by atoms with Crippen LogP contribution in [-0.4, -0.2) is 37.1 Å². The Morgan fingerprint density at radius 3 is 2.39 bits per heavy atom. The fourth-order valence-corrected chi connectivity index (χ4v) is 4.10. The second-order valence-electron chi connectivity index (χ2n) is 8.23. The molecule has 7 heteroatoms. The molecule has 0 spiro atoms. The molecule has 0 atom stereocenters. The zero-order valence-electron chi connectivity index (χ0n) is 17.7. The number of pyridine rings is 1. The molecule has 1 aromatic heterocycles. The van der Waals surface area contributed by atoms with Gasteiger partial charge in [0.05, 0.1) is 5.52 Å². The van der Waals surface area contributed by atoms with E-state index in [1.54, 1.807) is 0 Å². The lowest BCUT2D eigenvalue weighted by molar-refractivity contribution is 0.0926. The zero-order valence-corrected chi connectivity index (χ0v) is 17.7. The summed E-state index contributed by atoms with van der Waals surface area (Å²) in [6.45, 7) is 0. The number of amides is 1. The van der Waals surface area contributed by atoms with E-state index in [9.17, 15) is 13.6 Å². The average Bonchev–Trinajstić information content (AvgIpc) is 2.76. The molecule has 1 aliphatic rings. The number of para-hydroxylation sites is 1. The zero-order chi connectivity index (χ0) is 22.0. The maximum absolute atomic E-state index is 13.4. The monoisotopic (exact) mass is 424 g/mol. The van der Waals surface area contributed by atoms with Gasteiger partial charge in [0.15, 0.2) is 11.6 Å². The first-order chi connectivity index (χ1) is 14.9. The van der Waals surface area contributed by atoms with Crippen LogP contribution in [0.25, 0.3) is 10.9 Å². The van der Waals surface area contributed by atoms with Crippen LogP contribution in [0.3, 0.4) is 0 Å². The summed E-state index contributed by atoms with van der Waals surface area (Å²) in [6, 6.07) is 13.6. The summed E-state index contributed by atoms with van der Waals surface area (Å²) in [5.41, 5.74) is 2.19. The van der Waals surface area contributed by atoms with Crippen LogP contribution < -0.4 is 15.5 Å². The maximum atomic E-state index is 13.4. The molecule has 1 fully saturated rings. The first-order valence-electron chi connectivity index (χ1n) is 10.5. The summed E-state index contributed by atoms with van der Waals surface area (Å²) in [4.78, 5) is 19.2. The van der Waals surface area contributed by atoms with Gasteiger partial charge >= 0.3 is 0 Å². The van der Waals surface area contributed by atoms with Gasteiger partial charge in [0.25, 0.3) is 5.91 Å². The van der Waals surface area contributed by atoms with E-state index in [1.165, 1.54) is 6.07 Å². The highest BCUT2D eigenvalue weighted by molar-refractivity contribution is 5.94. The Morgan fingerprint density at radius 1 is 0.968 bits per heavy atom. The van der Waals surface area contributed by atoms with Crippen molar-refractivity contribution in [2.24, 2.45) is 0 Å². The first kappa shape index (κ1) is 21.0. The number of halogens is 2. The summed E-state index contributed by atoms with van der Waals surface area (Å²) < 4.78 is 26.5. The van der Waals surface area contributed by atoms with E-state index in [-0.39, 0.29) is 23.6 Å². The summed E-state index contributed by atoms with van der Waals surface area (Å²) >= 11 is 0. The predicted octanol–water partition coefficient (Wildman–Crippen LogP) is 4.73. The Morgan fingerprint density at radius 2 is 1.68 bits per heavy atom. The molecule has 5 nitrogen and oxygen atoms in total. The third-order valence-corrected chi connectivity index (χ3v) is 5.77. The molecule has 31 heavy (non-hydrogen) atoms. The van der Waals surface area contributed by atoms with Crippen molar-refractivity contribution in [2.45, 2.75) is 37.8 Å². The van der Waals surface area contributed by atoms with Crippen LogP contribution in [-0.2, 0) is 0 Å². The number of nitrogens with one attached hydrogen (secondary N) is 2. The van der Waals surface area contributed by atoms with Crippen molar-refractivity contribution in [2.75, 3.05) is 24.3 Å². The normalized spacial score (nSPS) is 18.6. The van der Waals surface area contributed by atoms with Crippen molar-refractivity contribution in [1.82, 2.24) is 10.3 Å². The molecule has 0 aliphatic heterocycles. The number of aromatic nitrogens is 1. The van der Waals surface area contributed by atoms with Crippen molar-refractivity contribution in [3.05, 3.63) is 65.7 Å². The van der Waals surface area contributed by atoms with Gasteiger partial charge in [0.2, 0.25) is 0 Å². The van der Waals surface area contributed by atoms with Gasteiger partial charge in [-0.3, -0.25) is 4.79 Å². The van der Waals surface area contributed by atoms with Gasteiger partial charge in [-0.15, -0.1) is 0 Å². The minimum absolute atomic E-state index is 0.0144. The van der Waals surface area contributed by atoms with E-state index in [1.807, 2.05) is 32.3 Å². The molecule has 1 aliphatic carbocycles. The molecule has 1 amide bonds. The fraction of sp³-hybridized carbons (Fsp3) is 0.333. The van der Waals surface area contributed by atoms with E-state index < -0.39 is 11.6 Å². The van der Waals surface area contributed by atoms with Crippen molar-refractivity contribution >= 4 is 28.3 Å². The molecule has 1 saturated carbocycles. The maximum Gasteiger partial charge on any atom is 0.251 e. The minimum Gasteiger partial charge on any atom is -0.377 e. The quantitative estimate of drug-likeness (QED) is 0.622. The molecule has 2 N–H and O–H groups in total. The number of anilines is 2. The van der Waals surface area contributed by atoms with Gasteiger partial charge in [-0.2, -0.15) is 0 Å². The number of carbonyl (C=O) groups is 1. The highest BCUT2D eigenvalue weighted by atomic mass is 19.2. The topological polar surface area (TPSA) is 57.3 Å². The van der Waals surface area contributed by atoms with Gasteiger partial charge < -0.3 is 15.5 Å². The van der Waals surface area contributed by atoms with E-state index in [0.29, 0.717) is 0 Å². The second-order valence-corrected chi connectivity index (χ2v) is 8.23. The summed E-state index contributed by atoms with van der Waals surface area (Å²) in [6.07, 6.45) is 3.38. The average molecular weight is 424 g/mol. The number of carbonyl (C=O) groups excluding carboxylic acids is 1. The van der Waals surface area contributed by atoms with Crippen LogP contribution in [0.15, 0.2) is 48.5 Å². The van der Waals surface area contributed by atoms with Crippen LogP contribution in [0.2, 0.25) is 0 Å². The van der Waals surface area contributed by atoms with E-state index in [0.717, 1.165) is 60.2 Å². The predicted molar refractivity (Wildman–Crippen MR) is 120 cm³/mol.